The molecule has 2 heterocycles. The zero-order valence-electron chi connectivity index (χ0n) is 10.8. The Kier molecular flexibility index (Phi) is 3.17. The third kappa shape index (κ3) is 2.31. The van der Waals surface area contributed by atoms with Gasteiger partial charge >= 0.3 is 0 Å². The molecule has 1 aliphatic heterocycles. The molecule has 2 aromatic rings. The van der Waals surface area contributed by atoms with Gasteiger partial charge in [-0.3, -0.25) is 0 Å². The van der Waals surface area contributed by atoms with Crippen LogP contribution in [0.3, 0.4) is 0 Å². The van der Waals surface area contributed by atoms with E-state index in [1.165, 1.54) is 0 Å². The molecule has 0 bridgehead atoms. The number of para-hydroxylation sites is 2. The number of rotatable bonds is 3. The first-order chi connectivity index (χ1) is 9.28. The van der Waals surface area contributed by atoms with E-state index < -0.39 is 0 Å². The summed E-state index contributed by atoms with van der Waals surface area (Å²) in [5.41, 5.74) is 6.20. The Hall–Kier alpha value is -1.94. The van der Waals surface area contributed by atoms with Crippen LogP contribution in [0, 0.1) is 0 Å². The largest absolute Gasteiger partial charge is 0.486 e. The summed E-state index contributed by atoms with van der Waals surface area (Å²) in [5, 5.41) is 0. The molecule has 1 aliphatic rings. The first-order valence-corrected chi connectivity index (χ1v) is 6.50. The standard InChI is InChI=1S/C15H17NO3/c1-2-10-7-8-13(18-10)15(16)14-9-17-11-5-3-4-6-12(11)19-14/h3-8,14-15H,2,9,16H2,1H3. The predicted molar refractivity (Wildman–Crippen MR) is 71.4 cm³/mol. The van der Waals surface area contributed by atoms with Gasteiger partial charge in [-0.25, -0.2) is 0 Å². The van der Waals surface area contributed by atoms with Gasteiger partial charge in [0.05, 0.1) is 0 Å². The Balaban J connectivity index is 1.77. The molecule has 4 nitrogen and oxygen atoms in total. The van der Waals surface area contributed by atoms with Crippen molar-refractivity contribution < 1.29 is 13.9 Å². The number of furan rings is 1. The molecule has 2 N–H and O–H groups in total. The van der Waals surface area contributed by atoms with Crippen molar-refractivity contribution in [3.63, 3.8) is 0 Å². The third-order valence-corrected chi connectivity index (χ3v) is 3.29. The van der Waals surface area contributed by atoms with Gasteiger partial charge in [0.25, 0.3) is 0 Å². The van der Waals surface area contributed by atoms with Crippen LogP contribution in [0.1, 0.15) is 24.5 Å². The fraction of sp³-hybridized carbons (Fsp3) is 0.333. The maximum absolute atomic E-state index is 6.20. The minimum Gasteiger partial charge on any atom is -0.486 e. The quantitative estimate of drug-likeness (QED) is 0.920. The van der Waals surface area contributed by atoms with Gasteiger partial charge in [-0.2, -0.15) is 0 Å². The van der Waals surface area contributed by atoms with Gasteiger partial charge < -0.3 is 19.6 Å². The van der Waals surface area contributed by atoms with Crippen LogP contribution < -0.4 is 15.2 Å². The SMILES string of the molecule is CCc1ccc(C(N)C2COc3ccccc3O2)o1. The van der Waals surface area contributed by atoms with Crippen LogP contribution in [-0.2, 0) is 6.42 Å². The smallest absolute Gasteiger partial charge is 0.161 e. The molecule has 19 heavy (non-hydrogen) atoms. The average Bonchev–Trinajstić information content (AvgIpc) is 2.95. The highest BCUT2D eigenvalue weighted by atomic mass is 16.6. The van der Waals surface area contributed by atoms with E-state index in [0.717, 1.165) is 29.4 Å². The van der Waals surface area contributed by atoms with E-state index in [-0.39, 0.29) is 12.1 Å². The second-order valence-corrected chi connectivity index (χ2v) is 4.60. The first-order valence-electron chi connectivity index (χ1n) is 6.50. The lowest BCUT2D eigenvalue weighted by atomic mass is 10.1. The number of ether oxygens (including phenoxy) is 2. The number of fused-ring (bicyclic) bond motifs is 1. The Morgan fingerprint density at radius 2 is 2.00 bits per heavy atom. The summed E-state index contributed by atoms with van der Waals surface area (Å²) in [6.07, 6.45) is 0.628. The molecule has 0 saturated heterocycles. The van der Waals surface area contributed by atoms with Crippen molar-refractivity contribution >= 4 is 0 Å². The molecule has 2 unspecified atom stereocenters. The molecule has 0 radical (unpaired) electrons. The maximum Gasteiger partial charge on any atom is 0.161 e. The zero-order valence-corrected chi connectivity index (χ0v) is 10.8. The Labute approximate surface area is 112 Å². The van der Waals surface area contributed by atoms with Gasteiger partial charge in [0.15, 0.2) is 17.6 Å². The van der Waals surface area contributed by atoms with Crippen molar-refractivity contribution in [2.45, 2.75) is 25.5 Å². The van der Waals surface area contributed by atoms with E-state index in [4.69, 9.17) is 19.6 Å². The first kappa shape index (κ1) is 12.1. The molecule has 4 heteroatoms. The predicted octanol–water partition coefficient (Wildman–Crippen LogP) is 2.68. The Morgan fingerprint density at radius 3 is 2.74 bits per heavy atom. The number of hydrogen-bond acceptors (Lipinski definition) is 4. The van der Waals surface area contributed by atoms with Crippen molar-refractivity contribution in [2.24, 2.45) is 5.73 Å². The molecule has 0 amide bonds. The molecule has 1 aromatic carbocycles. The molecular formula is C15H17NO3. The summed E-state index contributed by atoms with van der Waals surface area (Å²) in [6, 6.07) is 11.1. The number of hydrogen-bond donors (Lipinski definition) is 1. The Bertz CT molecular complexity index is 564. The van der Waals surface area contributed by atoms with Crippen LogP contribution in [0.4, 0.5) is 0 Å². The summed E-state index contributed by atoms with van der Waals surface area (Å²) in [5.74, 6) is 3.17. The van der Waals surface area contributed by atoms with E-state index in [1.807, 2.05) is 43.3 Å². The molecule has 0 spiro atoms. The molecule has 3 rings (SSSR count). The van der Waals surface area contributed by atoms with E-state index in [1.54, 1.807) is 0 Å². The van der Waals surface area contributed by atoms with Crippen molar-refractivity contribution in [3.05, 3.63) is 47.9 Å². The van der Waals surface area contributed by atoms with Gasteiger partial charge in [0.1, 0.15) is 24.2 Å². The average molecular weight is 259 g/mol. The third-order valence-electron chi connectivity index (χ3n) is 3.29. The highest BCUT2D eigenvalue weighted by molar-refractivity contribution is 5.41. The summed E-state index contributed by atoms with van der Waals surface area (Å²) in [4.78, 5) is 0. The van der Waals surface area contributed by atoms with Crippen molar-refractivity contribution in [1.82, 2.24) is 0 Å². The van der Waals surface area contributed by atoms with Gasteiger partial charge in [0.2, 0.25) is 0 Å². The lowest BCUT2D eigenvalue weighted by Gasteiger charge is -2.29. The summed E-state index contributed by atoms with van der Waals surface area (Å²) in [7, 11) is 0. The minimum atomic E-state index is -0.325. The number of aryl methyl sites for hydroxylation is 1. The second kappa shape index (κ2) is 4.97. The fourth-order valence-corrected chi connectivity index (χ4v) is 2.16. The highest BCUT2D eigenvalue weighted by Gasteiger charge is 2.29. The van der Waals surface area contributed by atoms with Crippen molar-refractivity contribution in [1.29, 1.82) is 0 Å². The maximum atomic E-state index is 6.20. The fourth-order valence-electron chi connectivity index (χ4n) is 2.16. The van der Waals surface area contributed by atoms with Crippen LogP contribution in [0.25, 0.3) is 0 Å². The molecule has 0 fully saturated rings. The molecule has 100 valence electrons. The highest BCUT2D eigenvalue weighted by Crippen LogP contribution is 2.33. The van der Waals surface area contributed by atoms with Gasteiger partial charge in [-0.15, -0.1) is 0 Å². The normalized spacial score (nSPS) is 19.2. The molecule has 1 aromatic heterocycles. The number of nitrogens with two attached hydrogens (primary N) is 1. The summed E-state index contributed by atoms with van der Waals surface area (Å²) in [6.45, 7) is 2.48. The van der Waals surface area contributed by atoms with Crippen LogP contribution >= 0.6 is 0 Å². The minimum absolute atomic E-state index is 0.231. The monoisotopic (exact) mass is 259 g/mol. The second-order valence-electron chi connectivity index (χ2n) is 4.60. The Morgan fingerprint density at radius 1 is 1.21 bits per heavy atom. The van der Waals surface area contributed by atoms with Crippen LogP contribution in [0.2, 0.25) is 0 Å². The van der Waals surface area contributed by atoms with Crippen molar-refractivity contribution in [2.75, 3.05) is 6.61 Å². The van der Waals surface area contributed by atoms with Gasteiger partial charge in [0, 0.05) is 6.42 Å². The van der Waals surface area contributed by atoms with E-state index in [2.05, 4.69) is 0 Å². The lowest BCUT2D eigenvalue weighted by molar-refractivity contribution is 0.0664. The van der Waals surface area contributed by atoms with E-state index in [0.29, 0.717) is 6.61 Å². The van der Waals surface area contributed by atoms with Crippen LogP contribution in [-0.4, -0.2) is 12.7 Å². The molecule has 2 atom stereocenters. The van der Waals surface area contributed by atoms with Gasteiger partial charge in [-0.1, -0.05) is 19.1 Å². The molecular weight excluding hydrogens is 242 g/mol. The lowest BCUT2D eigenvalue weighted by Crippen LogP contribution is -2.38. The summed E-state index contributed by atoms with van der Waals surface area (Å²) >= 11 is 0. The zero-order chi connectivity index (χ0) is 13.2. The van der Waals surface area contributed by atoms with E-state index >= 15 is 0 Å². The van der Waals surface area contributed by atoms with Gasteiger partial charge in [-0.05, 0) is 24.3 Å². The molecule has 0 aliphatic carbocycles. The van der Waals surface area contributed by atoms with Crippen LogP contribution in [0.5, 0.6) is 11.5 Å². The number of benzene rings is 1. The molecule has 0 saturated carbocycles. The summed E-state index contributed by atoms with van der Waals surface area (Å²) < 4.78 is 17.2. The van der Waals surface area contributed by atoms with E-state index in [9.17, 15) is 0 Å². The van der Waals surface area contributed by atoms with Crippen molar-refractivity contribution in [3.8, 4) is 11.5 Å². The van der Waals surface area contributed by atoms with Crippen LogP contribution in [0.15, 0.2) is 40.8 Å². The topological polar surface area (TPSA) is 57.6 Å².